The van der Waals surface area contributed by atoms with Gasteiger partial charge in [-0.15, -0.1) is 0 Å². The van der Waals surface area contributed by atoms with Crippen LogP contribution < -0.4 is 14.8 Å². The molecule has 3 rings (SSSR count). The van der Waals surface area contributed by atoms with Gasteiger partial charge in [-0.25, -0.2) is 9.79 Å². The number of methoxy groups -OCH3 is 2. The van der Waals surface area contributed by atoms with Crippen molar-refractivity contribution in [1.82, 2.24) is 15.1 Å². The monoisotopic (exact) mass is 497 g/mol. The van der Waals surface area contributed by atoms with Gasteiger partial charge in [0.1, 0.15) is 17.1 Å². The quantitative estimate of drug-likeness (QED) is 0.602. The SMILES string of the molecule is COc1ccc(C2=CC=N/C(=C/C(=N)C(=O)N3CCN(C(=O)OC(C)(C)C)C(C)(C)C3)N2)cc1OC. The van der Waals surface area contributed by atoms with Crippen molar-refractivity contribution in [2.75, 3.05) is 33.9 Å². The van der Waals surface area contributed by atoms with Gasteiger partial charge in [0.25, 0.3) is 5.91 Å². The van der Waals surface area contributed by atoms with Gasteiger partial charge in [-0.2, -0.15) is 0 Å². The van der Waals surface area contributed by atoms with Crippen molar-refractivity contribution in [3.8, 4) is 11.5 Å². The molecule has 2 N–H and O–H groups in total. The van der Waals surface area contributed by atoms with Crippen LogP contribution in [-0.4, -0.2) is 78.7 Å². The molecule has 2 amide bonds. The summed E-state index contributed by atoms with van der Waals surface area (Å²) < 4.78 is 16.2. The minimum Gasteiger partial charge on any atom is -0.493 e. The van der Waals surface area contributed by atoms with Crippen LogP contribution in [0.15, 0.2) is 41.2 Å². The molecule has 2 aliphatic rings. The highest BCUT2D eigenvalue weighted by Gasteiger charge is 2.40. The van der Waals surface area contributed by atoms with Crippen LogP contribution >= 0.6 is 0 Å². The van der Waals surface area contributed by atoms with Crippen molar-refractivity contribution in [3.05, 3.63) is 41.7 Å². The molecule has 0 spiro atoms. The smallest absolute Gasteiger partial charge is 0.410 e. The number of carbonyl (C=O) groups is 2. The number of aliphatic imine (C=N–C) groups is 1. The molecule has 1 aromatic rings. The van der Waals surface area contributed by atoms with Crippen molar-refractivity contribution in [2.45, 2.75) is 45.8 Å². The molecule has 1 fully saturated rings. The van der Waals surface area contributed by atoms with E-state index in [1.54, 1.807) is 42.4 Å². The van der Waals surface area contributed by atoms with E-state index >= 15 is 0 Å². The lowest BCUT2D eigenvalue weighted by Gasteiger charge is -2.46. The highest BCUT2D eigenvalue weighted by atomic mass is 16.6. The fourth-order valence-electron chi connectivity index (χ4n) is 4.00. The highest BCUT2D eigenvalue weighted by molar-refractivity contribution is 6.42. The molecule has 2 aliphatic heterocycles. The summed E-state index contributed by atoms with van der Waals surface area (Å²) in [4.78, 5) is 33.2. The molecule has 0 bridgehead atoms. The lowest BCUT2D eigenvalue weighted by Crippen LogP contribution is -2.63. The van der Waals surface area contributed by atoms with Crippen LogP contribution in [0.25, 0.3) is 5.70 Å². The van der Waals surface area contributed by atoms with Crippen molar-refractivity contribution in [2.24, 2.45) is 4.99 Å². The zero-order valence-electron chi connectivity index (χ0n) is 22.0. The third-order valence-corrected chi connectivity index (χ3v) is 5.73. The van der Waals surface area contributed by atoms with E-state index in [1.807, 2.05) is 46.8 Å². The number of hydrogen-bond donors (Lipinski definition) is 2. The van der Waals surface area contributed by atoms with Crippen molar-refractivity contribution in [1.29, 1.82) is 5.41 Å². The topological polar surface area (TPSA) is 117 Å². The third-order valence-electron chi connectivity index (χ3n) is 5.73. The summed E-state index contributed by atoms with van der Waals surface area (Å²) in [7, 11) is 3.14. The molecule has 194 valence electrons. The molecule has 2 heterocycles. The summed E-state index contributed by atoms with van der Waals surface area (Å²) in [5.74, 6) is 1.14. The number of ether oxygens (including phenoxy) is 3. The first-order valence-corrected chi connectivity index (χ1v) is 11.7. The summed E-state index contributed by atoms with van der Waals surface area (Å²) in [5, 5.41) is 11.5. The van der Waals surface area contributed by atoms with Crippen molar-refractivity contribution < 1.29 is 23.8 Å². The fourth-order valence-corrected chi connectivity index (χ4v) is 4.00. The van der Waals surface area contributed by atoms with E-state index in [0.717, 1.165) is 11.3 Å². The lowest BCUT2D eigenvalue weighted by molar-refractivity contribution is -0.128. The van der Waals surface area contributed by atoms with E-state index in [1.165, 1.54) is 6.08 Å². The first-order valence-electron chi connectivity index (χ1n) is 11.7. The Morgan fingerprint density at radius 3 is 2.44 bits per heavy atom. The third kappa shape index (κ3) is 6.24. The number of piperazine rings is 1. The first kappa shape index (κ1) is 26.8. The minimum absolute atomic E-state index is 0.204. The van der Waals surface area contributed by atoms with E-state index < -0.39 is 23.1 Å². The van der Waals surface area contributed by atoms with Crippen LogP contribution in [0.5, 0.6) is 11.5 Å². The van der Waals surface area contributed by atoms with Crippen LogP contribution in [0.3, 0.4) is 0 Å². The Hall–Kier alpha value is -3.82. The number of nitrogens with one attached hydrogen (secondary N) is 2. The zero-order valence-corrected chi connectivity index (χ0v) is 22.0. The second-order valence-electron chi connectivity index (χ2n) is 10.2. The Labute approximate surface area is 212 Å². The molecule has 1 saturated heterocycles. The Kier molecular flexibility index (Phi) is 7.76. The largest absolute Gasteiger partial charge is 0.493 e. The maximum absolute atomic E-state index is 13.1. The molecule has 10 nitrogen and oxygen atoms in total. The molecular formula is C26H35N5O5. The number of benzene rings is 1. The van der Waals surface area contributed by atoms with E-state index in [-0.39, 0.29) is 12.3 Å². The Balaban J connectivity index is 1.67. The lowest BCUT2D eigenvalue weighted by atomic mass is 9.99. The maximum atomic E-state index is 13.1. The molecule has 0 unspecified atom stereocenters. The first-order chi connectivity index (χ1) is 16.8. The average Bonchev–Trinajstić information content (AvgIpc) is 2.81. The summed E-state index contributed by atoms with van der Waals surface area (Å²) in [6, 6.07) is 5.51. The molecule has 0 aliphatic carbocycles. The van der Waals surface area contributed by atoms with Crippen LogP contribution in [0, 0.1) is 5.41 Å². The van der Waals surface area contributed by atoms with Gasteiger partial charge >= 0.3 is 6.09 Å². The van der Waals surface area contributed by atoms with E-state index in [9.17, 15) is 9.59 Å². The van der Waals surface area contributed by atoms with E-state index in [4.69, 9.17) is 19.6 Å². The Bertz CT molecular complexity index is 1130. The van der Waals surface area contributed by atoms with Gasteiger partial charge in [0.15, 0.2) is 11.5 Å². The van der Waals surface area contributed by atoms with Crippen molar-refractivity contribution in [3.63, 3.8) is 0 Å². The second-order valence-corrected chi connectivity index (χ2v) is 10.2. The van der Waals surface area contributed by atoms with Crippen LogP contribution in [-0.2, 0) is 9.53 Å². The standard InChI is InChI=1S/C26H35N5O5/c1-25(2,3)36-24(33)31-13-12-30(16-26(31,4)5)23(32)18(27)15-22-28-11-10-19(29-22)17-8-9-20(34-6)21(14-17)35-7/h8-11,14-15,27,29H,12-13,16H2,1-7H3/b22-15-,27-18?. The second kappa shape index (κ2) is 10.4. The van der Waals surface area contributed by atoms with Crippen LogP contribution in [0.1, 0.15) is 40.2 Å². The number of allylic oxidation sites excluding steroid dienone is 1. The van der Waals surface area contributed by atoms with Crippen LogP contribution in [0.2, 0.25) is 0 Å². The average molecular weight is 498 g/mol. The molecule has 36 heavy (non-hydrogen) atoms. The summed E-state index contributed by atoms with van der Waals surface area (Å²) in [6.07, 6.45) is 4.39. The number of hydrogen-bond acceptors (Lipinski definition) is 8. The fraction of sp³-hybridized carbons (Fsp3) is 0.462. The molecule has 10 heteroatoms. The van der Waals surface area contributed by atoms with E-state index in [2.05, 4.69) is 10.3 Å². The van der Waals surface area contributed by atoms with Gasteiger partial charge in [-0.3, -0.25) is 15.1 Å². The predicted octanol–water partition coefficient (Wildman–Crippen LogP) is 3.44. The number of amides is 2. The predicted molar refractivity (Wildman–Crippen MR) is 139 cm³/mol. The molecule has 0 saturated carbocycles. The van der Waals surface area contributed by atoms with Crippen LogP contribution in [0.4, 0.5) is 4.79 Å². The number of nitrogens with zero attached hydrogens (tertiary/aromatic N) is 3. The summed E-state index contributed by atoms with van der Waals surface area (Å²) in [5.41, 5.74) is 0.123. The number of carbonyl (C=O) groups excluding carboxylic acids is 2. The normalized spacial score (nSPS) is 18.3. The van der Waals surface area contributed by atoms with Gasteiger partial charge in [0.05, 0.1) is 19.8 Å². The molecule has 0 aromatic heterocycles. The summed E-state index contributed by atoms with van der Waals surface area (Å²) in [6.45, 7) is 10.1. The molecular weight excluding hydrogens is 462 g/mol. The van der Waals surface area contributed by atoms with Crippen molar-refractivity contribution >= 4 is 29.6 Å². The zero-order chi connectivity index (χ0) is 26.7. The van der Waals surface area contributed by atoms with Gasteiger partial charge in [0.2, 0.25) is 0 Å². The van der Waals surface area contributed by atoms with Gasteiger partial charge < -0.3 is 24.4 Å². The molecule has 0 atom stereocenters. The van der Waals surface area contributed by atoms with Gasteiger partial charge in [-0.05, 0) is 58.9 Å². The van der Waals surface area contributed by atoms with Gasteiger partial charge in [0, 0.05) is 43.2 Å². The van der Waals surface area contributed by atoms with Gasteiger partial charge in [-0.1, -0.05) is 0 Å². The minimum atomic E-state index is -0.645. The summed E-state index contributed by atoms with van der Waals surface area (Å²) >= 11 is 0. The maximum Gasteiger partial charge on any atom is 0.410 e. The molecule has 1 aromatic carbocycles. The number of rotatable bonds is 5. The van der Waals surface area contributed by atoms with E-state index in [0.29, 0.717) is 30.4 Å². The Morgan fingerprint density at radius 2 is 1.83 bits per heavy atom. The Morgan fingerprint density at radius 1 is 1.14 bits per heavy atom. The highest BCUT2D eigenvalue weighted by Crippen LogP contribution is 2.30. The molecule has 0 radical (unpaired) electrons.